The molecular weight excluding hydrogens is 313 g/mol. The largest absolute Gasteiger partial charge is 0.573 e. The summed E-state index contributed by atoms with van der Waals surface area (Å²) in [5.74, 6) is -1.01. The van der Waals surface area contributed by atoms with Gasteiger partial charge in [-0.15, -0.1) is 13.2 Å². The Morgan fingerprint density at radius 2 is 1.74 bits per heavy atom. The van der Waals surface area contributed by atoms with Crippen LogP contribution in [0.25, 0.3) is 0 Å². The minimum Gasteiger partial charge on any atom is -0.406 e. The number of benzene rings is 1. The molecule has 0 aliphatic carbocycles. The van der Waals surface area contributed by atoms with E-state index < -0.39 is 6.36 Å². The zero-order valence-corrected chi connectivity index (χ0v) is 12.8. The fourth-order valence-electron chi connectivity index (χ4n) is 1.72. The number of carbonyl (C=O) groups excluding carboxylic acids is 2. The van der Waals surface area contributed by atoms with Gasteiger partial charge in [-0.2, -0.15) is 0 Å². The Kier molecular flexibility index (Phi) is 6.18. The van der Waals surface area contributed by atoms with E-state index in [-0.39, 0.29) is 30.7 Å². The van der Waals surface area contributed by atoms with Crippen LogP contribution in [0.4, 0.5) is 13.2 Å². The minimum atomic E-state index is -4.74. The van der Waals surface area contributed by atoms with Crippen LogP contribution in [-0.2, 0) is 16.1 Å². The molecule has 0 aliphatic rings. The molecule has 1 aromatic carbocycles. The summed E-state index contributed by atoms with van der Waals surface area (Å²) in [6, 6.07) is 5.22. The second-order valence-electron chi connectivity index (χ2n) is 4.84. The first-order valence-electron chi connectivity index (χ1n) is 6.58. The number of hydrogen-bond donors (Lipinski definition) is 0. The molecule has 0 fully saturated rings. The van der Waals surface area contributed by atoms with E-state index in [2.05, 4.69) is 11.3 Å². The van der Waals surface area contributed by atoms with E-state index in [0.717, 1.165) is 6.08 Å². The number of likely N-dealkylation sites (N-methyl/N-ethyl adjacent to an activating group) is 2. The average Bonchev–Trinajstić information content (AvgIpc) is 2.46. The maximum Gasteiger partial charge on any atom is 0.573 e. The predicted octanol–water partition coefficient (Wildman–Crippen LogP) is 2.19. The van der Waals surface area contributed by atoms with Crippen molar-refractivity contribution in [2.24, 2.45) is 0 Å². The summed E-state index contributed by atoms with van der Waals surface area (Å²) in [6.45, 7) is 3.41. The Morgan fingerprint density at radius 3 is 2.22 bits per heavy atom. The van der Waals surface area contributed by atoms with Crippen molar-refractivity contribution >= 4 is 11.8 Å². The highest BCUT2D eigenvalue weighted by Gasteiger charge is 2.30. The summed E-state index contributed by atoms with van der Waals surface area (Å²) in [4.78, 5) is 25.9. The quantitative estimate of drug-likeness (QED) is 0.751. The predicted molar refractivity (Wildman–Crippen MR) is 77.4 cm³/mol. The van der Waals surface area contributed by atoms with Crippen LogP contribution in [0.2, 0.25) is 0 Å². The summed E-state index contributed by atoms with van der Waals surface area (Å²) in [5, 5.41) is 0. The van der Waals surface area contributed by atoms with E-state index in [9.17, 15) is 22.8 Å². The van der Waals surface area contributed by atoms with Crippen molar-refractivity contribution < 1.29 is 27.5 Å². The van der Waals surface area contributed by atoms with Crippen LogP contribution in [0.1, 0.15) is 5.56 Å². The molecule has 0 N–H and O–H groups in total. The summed E-state index contributed by atoms with van der Waals surface area (Å²) >= 11 is 0. The molecule has 1 rings (SSSR count). The van der Waals surface area contributed by atoms with Gasteiger partial charge in [0.25, 0.3) is 0 Å². The van der Waals surface area contributed by atoms with E-state index in [4.69, 9.17) is 0 Å². The van der Waals surface area contributed by atoms with Crippen molar-refractivity contribution in [2.45, 2.75) is 12.9 Å². The molecule has 0 unspecified atom stereocenters. The lowest BCUT2D eigenvalue weighted by atomic mass is 10.2. The molecule has 0 aliphatic heterocycles. The van der Waals surface area contributed by atoms with Gasteiger partial charge in [0.2, 0.25) is 11.8 Å². The van der Waals surface area contributed by atoms with Gasteiger partial charge in [-0.05, 0) is 23.8 Å². The molecule has 0 atom stereocenters. The third kappa shape index (κ3) is 6.41. The lowest BCUT2D eigenvalue weighted by molar-refractivity contribution is -0.274. The Hall–Kier alpha value is -2.51. The SMILES string of the molecule is C=CC(=O)N(C)CC(=O)N(C)Cc1ccc(OC(F)(F)F)cc1. The molecule has 5 nitrogen and oxygen atoms in total. The number of hydrogen-bond acceptors (Lipinski definition) is 3. The summed E-state index contributed by atoms with van der Waals surface area (Å²) in [7, 11) is 3.01. The number of rotatable bonds is 6. The Balaban J connectivity index is 2.60. The molecule has 0 radical (unpaired) electrons. The number of ether oxygens (including phenoxy) is 1. The van der Waals surface area contributed by atoms with Crippen molar-refractivity contribution in [3.63, 3.8) is 0 Å². The van der Waals surface area contributed by atoms with Crippen molar-refractivity contribution in [1.82, 2.24) is 9.80 Å². The molecule has 0 aromatic heterocycles. The smallest absolute Gasteiger partial charge is 0.406 e. The van der Waals surface area contributed by atoms with Crippen LogP contribution in [0.15, 0.2) is 36.9 Å². The average molecular weight is 330 g/mol. The maximum atomic E-state index is 12.1. The maximum absolute atomic E-state index is 12.1. The van der Waals surface area contributed by atoms with Crippen LogP contribution in [0.5, 0.6) is 5.75 Å². The molecule has 0 saturated heterocycles. The Labute approximate surface area is 131 Å². The topological polar surface area (TPSA) is 49.9 Å². The lowest BCUT2D eigenvalue weighted by Gasteiger charge is -2.21. The van der Waals surface area contributed by atoms with Crippen LogP contribution < -0.4 is 4.74 Å². The van der Waals surface area contributed by atoms with Crippen LogP contribution in [0, 0.1) is 0 Å². The number of carbonyl (C=O) groups is 2. The van der Waals surface area contributed by atoms with Gasteiger partial charge in [0.05, 0.1) is 6.54 Å². The second-order valence-corrected chi connectivity index (χ2v) is 4.84. The molecule has 126 valence electrons. The zero-order valence-electron chi connectivity index (χ0n) is 12.8. The Bertz CT molecular complexity index is 570. The minimum absolute atomic E-state index is 0.114. The highest BCUT2D eigenvalue weighted by atomic mass is 19.4. The van der Waals surface area contributed by atoms with E-state index >= 15 is 0 Å². The highest BCUT2D eigenvalue weighted by Crippen LogP contribution is 2.22. The van der Waals surface area contributed by atoms with Gasteiger partial charge in [0.15, 0.2) is 0 Å². The molecular formula is C15H17F3N2O3. The summed E-state index contributed by atoms with van der Waals surface area (Å²) in [5.41, 5.74) is 0.632. The van der Waals surface area contributed by atoms with Gasteiger partial charge in [-0.3, -0.25) is 9.59 Å². The molecule has 8 heteroatoms. The lowest BCUT2D eigenvalue weighted by Crippen LogP contribution is -2.38. The number of amides is 2. The first kappa shape index (κ1) is 18.5. The van der Waals surface area contributed by atoms with Gasteiger partial charge in [0, 0.05) is 20.6 Å². The van der Waals surface area contributed by atoms with Crippen molar-refractivity contribution in [3.05, 3.63) is 42.5 Å². The van der Waals surface area contributed by atoms with Gasteiger partial charge in [-0.25, -0.2) is 0 Å². The molecule has 0 bridgehead atoms. The van der Waals surface area contributed by atoms with Gasteiger partial charge in [0.1, 0.15) is 5.75 Å². The van der Waals surface area contributed by atoms with Gasteiger partial charge in [-0.1, -0.05) is 18.7 Å². The molecule has 2 amide bonds. The summed E-state index contributed by atoms with van der Waals surface area (Å²) in [6.07, 6.45) is -3.64. The summed E-state index contributed by atoms with van der Waals surface area (Å²) < 4.78 is 39.9. The van der Waals surface area contributed by atoms with E-state index in [1.54, 1.807) is 0 Å². The number of nitrogens with zero attached hydrogens (tertiary/aromatic N) is 2. The van der Waals surface area contributed by atoms with Crippen molar-refractivity contribution in [3.8, 4) is 5.75 Å². The normalized spacial score (nSPS) is 10.8. The van der Waals surface area contributed by atoms with Crippen LogP contribution >= 0.6 is 0 Å². The van der Waals surface area contributed by atoms with E-state index in [1.165, 1.54) is 48.2 Å². The monoisotopic (exact) mass is 330 g/mol. The number of halogens is 3. The first-order valence-corrected chi connectivity index (χ1v) is 6.58. The zero-order chi connectivity index (χ0) is 17.6. The third-order valence-corrected chi connectivity index (χ3v) is 2.93. The molecule has 0 saturated carbocycles. The van der Waals surface area contributed by atoms with Crippen LogP contribution in [-0.4, -0.2) is 48.6 Å². The molecule has 0 heterocycles. The molecule has 0 spiro atoms. The third-order valence-electron chi connectivity index (χ3n) is 2.93. The van der Waals surface area contributed by atoms with Gasteiger partial charge >= 0.3 is 6.36 Å². The van der Waals surface area contributed by atoms with Crippen molar-refractivity contribution in [2.75, 3.05) is 20.6 Å². The van der Waals surface area contributed by atoms with Crippen molar-refractivity contribution in [1.29, 1.82) is 0 Å². The standard InChI is InChI=1S/C15H17F3N2O3/c1-4-13(21)20(3)10-14(22)19(2)9-11-5-7-12(8-6-11)23-15(16,17)18/h4-8H,1,9-10H2,2-3H3. The number of alkyl halides is 3. The van der Waals surface area contributed by atoms with E-state index in [1.807, 2.05) is 0 Å². The van der Waals surface area contributed by atoms with Crippen LogP contribution in [0.3, 0.4) is 0 Å². The van der Waals surface area contributed by atoms with Gasteiger partial charge < -0.3 is 14.5 Å². The highest BCUT2D eigenvalue weighted by molar-refractivity contribution is 5.90. The van der Waals surface area contributed by atoms with E-state index in [0.29, 0.717) is 5.56 Å². The molecule has 1 aromatic rings. The first-order chi connectivity index (χ1) is 10.6. The molecule has 23 heavy (non-hydrogen) atoms. The fourth-order valence-corrected chi connectivity index (χ4v) is 1.72. The second kappa shape index (κ2) is 7.66. The Morgan fingerprint density at radius 1 is 1.17 bits per heavy atom. The fraction of sp³-hybridized carbons (Fsp3) is 0.333.